The van der Waals surface area contributed by atoms with Gasteiger partial charge in [-0.25, -0.2) is 0 Å². The first kappa shape index (κ1) is 9.11. The van der Waals surface area contributed by atoms with Crippen LogP contribution in [0.4, 0.5) is 0 Å². The lowest BCUT2D eigenvalue weighted by Crippen LogP contribution is -2.49. The Morgan fingerprint density at radius 3 is 2.69 bits per heavy atom. The van der Waals surface area contributed by atoms with Crippen LogP contribution in [0, 0.1) is 17.3 Å². The minimum absolute atomic E-state index is 0.0243. The van der Waals surface area contributed by atoms with E-state index in [2.05, 4.69) is 0 Å². The van der Waals surface area contributed by atoms with Gasteiger partial charge in [0, 0.05) is 5.92 Å². The maximum absolute atomic E-state index is 12.2. The predicted molar refractivity (Wildman–Crippen MR) is 55.7 cm³/mol. The number of carbonyl (C=O) groups is 2. The molecule has 3 fully saturated rings. The molecule has 4 unspecified atom stereocenters. The summed E-state index contributed by atoms with van der Waals surface area (Å²) in [5, 5.41) is 0. The van der Waals surface area contributed by atoms with Crippen LogP contribution in [0.5, 0.6) is 0 Å². The molecule has 0 aromatic rings. The summed E-state index contributed by atoms with van der Waals surface area (Å²) in [6.07, 6.45) is 3.44. The number of ether oxygens (including phenoxy) is 1. The highest BCUT2D eigenvalue weighted by Gasteiger charge is 2.80. The Labute approximate surface area is 93.8 Å². The quantitative estimate of drug-likeness (QED) is 0.615. The van der Waals surface area contributed by atoms with Crippen LogP contribution in [0.15, 0.2) is 11.6 Å². The predicted octanol–water partition coefficient (Wildman–Crippen LogP) is 1.27. The summed E-state index contributed by atoms with van der Waals surface area (Å²) in [5.74, 6) is 0.401. The van der Waals surface area contributed by atoms with Crippen LogP contribution in [0.3, 0.4) is 0 Å². The molecule has 2 aliphatic carbocycles. The SMILES string of the molecule is CC1=CC2C3OC(C)(C2C1=O)C1(CC1)C3=O. The van der Waals surface area contributed by atoms with E-state index in [1.807, 2.05) is 19.9 Å². The third-order valence-electron chi connectivity index (χ3n) is 5.24. The van der Waals surface area contributed by atoms with Crippen molar-refractivity contribution in [3.63, 3.8) is 0 Å². The van der Waals surface area contributed by atoms with Gasteiger partial charge in [-0.15, -0.1) is 0 Å². The lowest BCUT2D eigenvalue weighted by Gasteiger charge is -2.34. The molecular formula is C13H14O3. The molecule has 0 radical (unpaired) electrons. The third kappa shape index (κ3) is 0.647. The van der Waals surface area contributed by atoms with Gasteiger partial charge >= 0.3 is 0 Å². The van der Waals surface area contributed by atoms with Crippen LogP contribution in [0.25, 0.3) is 0 Å². The van der Waals surface area contributed by atoms with E-state index in [9.17, 15) is 9.59 Å². The zero-order valence-electron chi connectivity index (χ0n) is 9.45. The smallest absolute Gasteiger partial charge is 0.171 e. The lowest BCUT2D eigenvalue weighted by molar-refractivity contribution is -0.131. The minimum atomic E-state index is -0.509. The van der Waals surface area contributed by atoms with Crippen molar-refractivity contribution < 1.29 is 14.3 Å². The highest BCUT2D eigenvalue weighted by Crippen LogP contribution is 2.71. The molecule has 1 saturated carbocycles. The molecule has 0 aromatic carbocycles. The zero-order chi connectivity index (χ0) is 11.3. The molecule has 3 nitrogen and oxygen atoms in total. The molecule has 4 aliphatic rings. The fraction of sp³-hybridized carbons (Fsp3) is 0.692. The molecule has 16 heavy (non-hydrogen) atoms. The highest BCUT2D eigenvalue weighted by molar-refractivity contribution is 6.06. The van der Waals surface area contributed by atoms with Crippen molar-refractivity contribution in [3.8, 4) is 0 Å². The lowest BCUT2D eigenvalue weighted by atomic mass is 9.65. The first-order chi connectivity index (χ1) is 7.51. The largest absolute Gasteiger partial charge is 0.362 e. The minimum Gasteiger partial charge on any atom is -0.362 e. The van der Waals surface area contributed by atoms with E-state index in [4.69, 9.17) is 4.74 Å². The Hall–Kier alpha value is -0.960. The summed E-state index contributed by atoms with van der Waals surface area (Å²) in [4.78, 5) is 24.4. The van der Waals surface area contributed by atoms with Crippen molar-refractivity contribution in [1.29, 1.82) is 0 Å². The van der Waals surface area contributed by atoms with E-state index in [1.54, 1.807) is 0 Å². The van der Waals surface area contributed by atoms with E-state index in [0.29, 0.717) is 0 Å². The molecule has 2 heterocycles. The Morgan fingerprint density at radius 2 is 2.06 bits per heavy atom. The van der Waals surface area contributed by atoms with Gasteiger partial charge in [0.05, 0.1) is 16.9 Å². The van der Waals surface area contributed by atoms with Crippen LogP contribution < -0.4 is 0 Å². The number of carbonyl (C=O) groups excluding carboxylic acids is 2. The number of Topliss-reactive ketones (excluding diaryl/α,β-unsaturated/α-hetero) is 2. The fourth-order valence-electron chi connectivity index (χ4n) is 4.21. The summed E-state index contributed by atoms with van der Waals surface area (Å²) in [7, 11) is 0. The van der Waals surface area contributed by atoms with E-state index in [0.717, 1.165) is 18.4 Å². The van der Waals surface area contributed by atoms with E-state index in [1.165, 1.54) is 0 Å². The van der Waals surface area contributed by atoms with Crippen LogP contribution in [0.1, 0.15) is 26.7 Å². The van der Waals surface area contributed by atoms with Crippen LogP contribution in [0.2, 0.25) is 0 Å². The summed E-state index contributed by atoms with van der Waals surface area (Å²) in [6.45, 7) is 3.83. The number of ketones is 2. The molecule has 0 N–H and O–H groups in total. The van der Waals surface area contributed by atoms with Crippen molar-refractivity contribution in [1.82, 2.24) is 0 Å². The number of fused-ring (bicyclic) bond motifs is 6. The van der Waals surface area contributed by atoms with Gasteiger partial charge in [0.1, 0.15) is 6.10 Å². The van der Waals surface area contributed by atoms with Gasteiger partial charge in [0.2, 0.25) is 0 Å². The second kappa shape index (κ2) is 2.19. The third-order valence-corrected chi connectivity index (χ3v) is 5.24. The Morgan fingerprint density at radius 1 is 1.38 bits per heavy atom. The second-order valence-electron chi connectivity index (χ2n) is 5.86. The average Bonchev–Trinajstić information content (AvgIpc) is 2.87. The van der Waals surface area contributed by atoms with E-state index in [-0.39, 0.29) is 34.9 Å². The van der Waals surface area contributed by atoms with Gasteiger partial charge in [0.15, 0.2) is 11.6 Å². The maximum atomic E-state index is 12.2. The van der Waals surface area contributed by atoms with Gasteiger partial charge in [-0.05, 0) is 32.3 Å². The molecule has 2 aliphatic heterocycles. The van der Waals surface area contributed by atoms with Crippen molar-refractivity contribution in [2.45, 2.75) is 38.4 Å². The Balaban J connectivity index is 1.90. The van der Waals surface area contributed by atoms with Crippen molar-refractivity contribution >= 4 is 11.6 Å². The molecule has 0 amide bonds. The molecular weight excluding hydrogens is 204 g/mol. The van der Waals surface area contributed by atoms with E-state index >= 15 is 0 Å². The van der Waals surface area contributed by atoms with Crippen molar-refractivity contribution in [2.24, 2.45) is 17.3 Å². The first-order valence-electron chi connectivity index (χ1n) is 5.96. The number of hydrogen-bond donors (Lipinski definition) is 0. The molecule has 1 spiro atoms. The van der Waals surface area contributed by atoms with Gasteiger partial charge in [-0.1, -0.05) is 6.08 Å². The second-order valence-corrected chi connectivity index (χ2v) is 5.86. The van der Waals surface area contributed by atoms with Gasteiger partial charge < -0.3 is 4.74 Å². The molecule has 2 saturated heterocycles. The van der Waals surface area contributed by atoms with Crippen LogP contribution in [-0.4, -0.2) is 23.3 Å². The molecule has 0 aromatic heterocycles. The average molecular weight is 218 g/mol. The summed E-state index contributed by atoms with van der Waals surface area (Å²) in [6, 6.07) is 0. The summed E-state index contributed by atoms with van der Waals surface area (Å²) < 4.78 is 5.92. The normalized spacial score (nSPS) is 51.1. The number of allylic oxidation sites excluding steroid dienone is 1. The van der Waals surface area contributed by atoms with Crippen molar-refractivity contribution in [3.05, 3.63) is 11.6 Å². The Bertz CT molecular complexity index is 472. The summed E-state index contributed by atoms with van der Waals surface area (Å²) in [5.41, 5.74) is 0.0116. The number of hydrogen-bond acceptors (Lipinski definition) is 3. The highest BCUT2D eigenvalue weighted by atomic mass is 16.5. The van der Waals surface area contributed by atoms with Gasteiger partial charge in [-0.2, -0.15) is 0 Å². The molecule has 84 valence electrons. The van der Waals surface area contributed by atoms with Gasteiger partial charge in [-0.3, -0.25) is 9.59 Å². The zero-order valence-corrected chi connectivity index (χ0v) is 9.45. The van der Waals surface area contributed by atoms with Crippen molar-refractivity contribution in [2.75, 3.05) is 0 Å². The molecule has 2 bridgehead atoms. The van der Waals surface area contributed by atoms with E-state index < -0.39 is 5.60 Å². The van der Waals surface area contributed by atoms with Gasteiger partial charge in [0.25, 0.3) is 0 Å². The molecule has 4 atom stereocenters. The molecule has 3 heteroatoms. The fourth-order valence-corrected chi connectivity index (χ4v) is 4.21. The topological polar surface area (TPSA) is 43.4 Å². The Kier molecular flexibility index (Phi) is 1.25. The maximum Gasteiger partial charge on any atom is 0.171 e. The summed E-state index contributed by atoms with van der Waals surface area (Å²) >= 11 is 0. The van der Waals surface area contributed by atoms with Crippen LogP contribution in [-0.2, 0) is 14.3 Å². The first-order valence-corrected chi connectivity index (χ1v) is 5.96. The molecule has 4 rings (SSSR count). The standard InChI is InChI=1S/C13H14O3/c1-6-5-7-8(9(6)14)12(2)13(3-4-13)11(15)10(7)16-12/h5,7-8,10H,3-4H2,1-2H3. The number of rotatable bonds is 0. The monoisotopic (exact) mass is 218 g/mol. The van der Waals surface area contributed by atoms with Crippen LogP contribution >= 0.6 is 0 Å².